The van der Waals surface area contributed by atoms with Gasteiger partial charge in [-0.2, -0.15) is 0 Å². The minimum atomic E-state index is -0.0909. The van der Waals surface area contributed by atoms with Gasteiger partial charge < -0.3 is 14.4 Å². The summed E-state index contributed by atoms with van der Waals surface area (Å²) in [6.45, 7) is 4.58. The lowest BCUT2D eigenvalue weighted by molar-refractivity contribution is -0.120. The summed E-state index contributed by atoms with van der Waals surface area (Å²) in [5, 5.41) is 2.01. The van der Waals surface area contributed by atoms with Gasteiger partial charge in [0.2, 0.25) is 0 Å². The third-order valence-electron chi connectivity index (χ3n) is 4.42. The molecule has 0 saturated carbocycles. The summed E-state index contributed by atoms with van der Waals surface area (Å²) in [5.41, 5.74) is 3.16. The van der Waals surface area contributed by atoms with E-state index in [9.17, 15) is 4.79 Å². The number of ether oxygens (including phenoxy) is 2. The first-order chi connectivity index (χ1) is 13.1. The molecule has 0 radical (unpaired) electrons. The maximum atomic E-state index is 12.9. The first-order valence-electron chi connectivity index (χ1n) is 8.73. The number of anilines is 1. The Hall–Kier alpha value is -2.79. The zero-order chi connectivity index (χ0) is 19.2. The van der Waals surface area contributed by atoms with Gasteiger partial charge in [-0.3, -0.25) is 4.79 Å². The van der Waals surface area contributed by atoms with Gasteiger partial charge in [0.1, 0.15) is 11.5 Å². The fourth-order valence-corrected chi connectivity index (χ4v) is 3.36. The zero-order valence-electron chi connectivity index (χ0n) is 15.8. The summed E-state index contributed by atoms with van der Waals surface area (Å²) in [7, 11) is 1.63. The molecular formula is C22H23NO3S. The molecule has 0 unspecified atom stereocenters. The van der Waals surface area contributed by atoms with Crippen molar-refractivity contribution in [2.75, 3.05) is 18.6 Å². The molecule has 2 aromatic carbocycles. The number of carbonyl (C=O) groups is 1. The van der Waals surface area contributed by atoms with Crippen LogP contribution in [0.25, 0.3) is 0 Å². The average molecular weight is 381 g/mol. The van der Waals surface area contributed by atoms with Crippen LogP contribution in [-0.4, -0.2) is 19.6 Å². The van der Waals surface area contributed by atoms with E-state index in [1.54, 1.807) is 23.3 Å². The fourth-order valence-electron chi connectivity index (χ4n) is 2.67. The van der Waals surface area contributed by atoms with Crippen LogP contribution in [0.3, 0.4) is 0 Å². The predicted octanol–water partition coefficient (Wildman–Crippen LogP) is 4.99. The summed E-state index contributed by atoms with van der Waals surface area (Å²) in [6.07, 6.45) is 0. The van der Waals surface area contributed by atoms with E-state index in [4.69, 9.17) is 9.47 Å². The molecular weight excluding hydrogens is 358 g/mol. The molecule has 1 heterocycles. The van der Waals surface area contributed by atoms with Crippen LogP contribution >= 0.6 is 11.3 Å². The van der Waals surface area contributed by atoms with Crippen LogP contribution in [0.1, 0.15) is 16.0 Å². The van der Waals surface area contributed by atoms with E-state index in [1.807, 2.05) is 66.9 Å². The highest BCUT2D eigenvalue weighted by Gasteiger charge is 2.18. The van der Waals surface area contributed by atoms with Gasteiger partial charge in [-0.15, -0.1) is 11.3 Å². The van der Waals surface area contributed by atoms with Gasteiger partial charge >= 0.3 is 0 Å². The van der Waals surface area contributed by atoms with Gasteiger partial charge in [0.25, 0.3) is 5.91 Å². The molecule has 0 spiro atoms. The van der Waals surface area contributed by atoms with Gasteiger partial charge in [0, 0.05) is 10.6 Å². The predicted molar refractivity (Wildman–Crippen MR) is 110 cm³/mol. The highest BCUT2D eigenvalue weighted by atomic mass is 32.1. The second-order valence-corrected chi connectivity index (χ2v) is 7.32. The molecule has 0 aliphatic heterocycles. The monoisotopic (exact) mass is 381 g/mol. The van der Waals surface area contributed by atoms with Crippen LogP contribution in [0.5, 0.6) is 11.5 Å². The second kappa shape index (κ2) is 8.73. The maximum Gasteiger partial charge on any atom is 0.265 e. The molecule has 0 aliphatic carbocycles. The molecule has 0 fully saturated rings. The van der Waals surface area contributed by atoms with Gasteiger partial charge in [0.15, 0.2) is 6.61 Å². The third kappa shape index (κ3) is 4.89. The quantitative estimate of drug-likeness (QED) is 0.579. The first kappa shape index (κ1) is 19.0. The van der Waals surface area contributed by atoms with Crippen molar-refractivity contribution >= 4 is 22.9 Å². The number of amides is 1. The Morgan fingerprint density at radius 1 is 1.00 bits per heavy atom. The number of carbonyl (C=O) groups excluding carboxylic acids is 1. The van der Waals surface area contributed by atoms with E-state index in [1.165, 1.54) is 5.56 Å². The third-order valence-corrected chi connectivity index (χ3v) is 5.28. The van der Waals surface area contributed by atoms with Gasteiger partial charge in [0.05, 0.1) is 13.7 Å². The molecule has 0 bridgehead atoms. The summed E-state index contributed by atoms with van der Waals surface area (Å²) >= 11 is 1.63. The molecule has 140 valence electrons. The Labute approximate surface area is 164 Å². The Balaban J connectivity index is 1.75. The lowest BCUT2D eigenvalue weighted by atomic mass is 10.1. The summed E-state index contributed by atoms with van der Waals surface area (Å²) in [6, 6.07) is 17.4. The molecule has 3 aromatic rings. The Morgan fingerprint density at radius 2 is 1.74 bits per heavy atom. The largest absolute Gasteiger partial charge is 0.497 e. The van der Waals surface area contributed by atoms with Crippen molar-refractivity contribution in [3.05, 3.63) is 76.0 Å². The van der Waals surface area contributed by atoms with Crippen LogP contribution in [0, 0.1) is 13.8 Å². The van der Waals surface area contributed by atoms with Crippen molar-refractivity contribution < 1.29 is 14.3 Å². The molecule has 1 aromatic heterocycles. The van der Waals surface area contributed by atoms with Crippen LogP contribution in [0.4, 0.5) is 5.69 Å². The SMILES string of the molecule is COc1ccc(N(Cc2cccs2)C(=O)COc2ccc(C)c(C)c2)cc1. The highest BCUT2D eigenvalue weighted by molar-refractivity contribution is 7.09. The summed E-state index contributed by atoms with van der Waals surface area (Å²) in [5.74, 6) is 1.37. The number of benzene rings is 2. The molecule has 4 nitrogen and oxygen atoms in total. The fraction of sp³-hybridized carbons (Fsp3) is 0.227. The zero-order valence-corrected chi connectivity index (χ0v) is 16.6. The molecule has 0 saturated heterocycles. The number of thiophene rings is 1. The van der Waals surface area contributed by atoms with Gasteiger partial charge in [-0.25, -0.2) is 0 Å². The van der Waals surface area contributed by atoms with Crippen molar-refractivity contribution in [3.8, 4) is 11.5 Å². The van der Waals surface area contributed by atoms with Crippen LogP contribution < -0.4 is 14.4 Å². The lowest BCUT2D eigenvalue weighted by Crippen LogP contribution is -2.34. The average Bonchev–Trinajstić information content (AvgIpc) is 3.20. The van der Waals surface area contributed by atoms with Gasteiger partial charge in [-0.1, -0.05) is 12.1 Å². The molecule has 1 amide bonds. The van der Waals surface area contributed by atoms with Crippen molar-refractivity contribution in [2.24, 2.45) is 0 Å². The summed E-state index contributed by atoms with van der Waals surface area (Å²) in [4.78, 5) is 15.8. The maximum absolute atomic E-state index is 12.9. The number of aryl methyl sites for hydroxylation is 2. The van der Waals surface area contributed by atoms with Crippen molar-refractivity contribution in [3.63, 3.8) is 0 Å². The van der Waals surface area contributed by atoms with E-state index in [2.05, 4.69) is 6.92 Å². The first-order valence-corrected chi connectivity index (χ1v) is 9.61. The van der Waals surface area contributed by atoms with Crippen LogP contribution in [-0.2, 0) is 11.3 Å². The van der Waals surface area contributed by atoms with Crippen molar-refractivity contribution in [1.82, 2.24) is 0 Å². The number of nitrogens with zero attached hydrogens (tertiary/aromatic N) is 1. The Kier molecular flexibility index (Phi) is 6.14. The number of rotatable bonds is 7. The molecule has 5 heteroatoms. The van der Waals surface area contributed by atoms with Crippen LogP contribution in [0.2, 0.25) is 0 Å². The highest BCUT2D eigenvalue weighted by Crippen LogP contribution is 2.23. The minimum absolute atomic E-state index is 0.0140. The van der Waals surface area contributed by atoms with E-state index in [0.29, 0.717) is 12.3 Å². The molecule has 27 heavy (non-hydrogen) atoms. The normalized spacial score (nSPS) is 10.5. The van der Waals surface area contributed by atoms with E-state index in [0.717, 1.165) is 21.9 Å². The Morgan fingerprint density at radius 3 is 2.37 bits per heavy atom. The molecule has 3 rings (SSSR count). The smallest absolute Gasteiger partial charge is 0.265 e. The van der Waals surface area contributed by atoms with Gasteiger partial charge in [-0.05, 0) is 72.8 Å². The van der Waals surface area contributed by atoms with Crippen LogP contribution in [0.15, 0.2) is 60.0 Å². The number of hydrogen-bond donors (Lipinski definition) is 0. The van der Waals surface area contributed by atoms with E-state index in [-0.39, 0.29) is 12.5 Å². The summed E-state index contributed by atoms with van der Waals surface area (Å²) < 4.78 is 11.0. The molecule has 0 N–H and O–H groups in total. The van der Waals surface area contributed by atoms with E-state index < -0.39 is 0 Å². The van der Waals surface area contributed by atoms with Crippen molar-refractivity contribution in [2.45, 2.75) is 20.4 Å². The van der Waals surface area contributed by atoms with E-state index >= 15 is 0 Å². The Bertz CT molecular complexity index is 888. The molecule has 0 atom stereocenters. The van der Waals surface area contributed by atoms with Crippen molar-refractivity contribution in [1.29, 1.82) is 0 Å². The second-order valence-electron chi connectivity index (χ2n) is 6.29. The lowest BCUT2D eigenvalue weighted by Gasteiger charge is -2.23. The minimum Gasteiger partial charge on any atom is -0.497 e. The number of methoxy groups -OCH3 is 1. The standard InChI is InChI=1S/C22H23NO3S/c1-16-6-9-20(13-17(16)2)26-15-22(24)23(14-21-5-4-12-27-21)18-7-10-19(25-3)11-8-18/h4-13H,14-15H2,1-3H3. The number of hydrogen-bond acceptors (Lipinski definition) is 4. The topological polar surface area (TPSA) is 38.8 Å². The molecule has 0 aliphatic rings.